The number of nitrogens with zero attached hydrogens (tertiary/aromatic N) is 4. The van der Waals surface area contributed by atoms with E-state index in [0.717, 1.165) is 6.54 Å². The van der Waals surface area contributed by atoms with Gasteiger partial charge in [-0.1, -0.05) is 25.4 Å². The molecule has 0 fully saturated rings. The number of halogens is 2. The molecule has 0 amide bonds. The van der Waals surface area contributed by atoms with Crippen molar-refractivity contribution in [3.8, 4) is 0 Å². The molecular formula is C9H10Cl2N4. The Bertz CT molecular complexity index is 492. The molecule has 0 radical (unpaired) electrons. The predicted molar refractivity (Wildman–Crippen MR) is 60.2 cm³/mol. The molecule has 0 aliphatic carbocycles. The molecule has 0 saturated carbocycles. The minimum absolute atomic E-state index is 0.151. The van der Waals surface area contributed by atoms with Crippen LogP contribution in [0.25, 0.3) is 11.2 Å². The zero-order chi connectivity index (χ0) is 11.0. The minimum atomic E-state index is 0.151. The minimum Gasteiger partial charge on any atom is -0.315 e. The highest BCUT2D eigenvalue weighted by Gasteiger charge is 2.11. The summed E-state index contributed by atoms with van der Waals surface area (Å²) < 4.78 is 1.93. The third kappa shape index (κ3) is 2.06. The lowest BCUT2D eigenvalue weighted by atomic mass is 10.2. The molecule has 2 aromatic heterocycles. The molecule has 0 N–H and O–H groups in total. The van der Waals surface area contributed by atoms with E-state index < -0.39 is 0 Å². The number of hydrogen-bond donors (Lipinski definition) is 0. The van der Waals surface area contributed by atoms with Gasteiger partial charge in [-0.3, -0.25) is 0 Å². The quantitative estimate of drug-likeness (QED) is 0.603. The third-order valence-corrected chi connectivity index (χ3v) is 2.39. The molecule has 0 bridgehead atoms. The molecule has 0 aliphatic rings. The second-order valence-electron chi connectivity index (χ2n) is 3.75. The lowest BCUT2D eigenvalue weighted by Gasteiger charge is -2.06. The van der Waals surface area contributed by atoms with Crippen molar-refractivity contribution in [3.05, 3.63) is 16.8 Å². The van der Waals surface area contributed by atoms with Gasteiger partial charge in [0.1, 0.15) is 5.52 Å². The first-order valence-corrected chi connectivity index (χ1v) is 5.37. The third-order valence-electron chi connectivity index (χ3n) is 1.96. The maximum atomic E-state index is 5.90. The van der Waals surface area contributed by atoms with E-state index in [1.165, 1.54) is 0 Å². The smallest absolute Gasteiger partial charge is 0.225 e. The summed E-state index contributed by atoms with van der Waals surface area (Å²) in [6.07, 6.45) is 1.71. The van der Waals surface area contributed by atoms with E-state index in [4.69, 9.17) is 23.2 Å². The van der Waals surface area contributed by atoms with Crippen molar-refractivity contribution in [1.29, 1.82) is 0 Å². The number of fused-ring (bicyclic) bond motifs is 1. The molecule has 0 spiro atoms. The normalized spacial score (nSPS) is 11.5. The summed E-state index contributed by atoms with van der Waals surface area (Å²) in [5.74, 6) is 0.509. The molecule has 2 heterocycles. The van der Waals surface area contributed by atoms with Crippen LogP contribution in [0, 0.1) is 5.92 Å². The summed E-state index contributed by atoms with van der Waals surface area (Å²) in [7, 11) is 0. The number of rotatable bonds is 2. The van der Waals surface area contributed by atoms with E-state index >= 15 is 0 Å². The zero-order valence-electron chi connectivity index (χ0n) is 8.41. The maximum absolute atomic E-state index is 5.90. The van der Waals surface area contributed by atoms with Crippen molar-refractivity contribution >= 4 is 34.4 Å². The summed E-state index contributed by atoms with van der Waals surface area (Å²) >= 11 is 11.6. The lowest BCUT2D eigenvalue weighted by Crippen LogP contribution is -2.04. The zero-order valence-corrected chi connectivity index (χ0v) is 9.92. The largest absolute Gasteiger partial charge is 0.315 e. The van der Waals surface area contributed by atoms with Gasteiger partial charge >= 0.3 is 0 Å². The van der Waals surface area contributed by atoms with Crippen molar-refractivity contribution in [3.63, 3.8) is 0 Å². The van der Waals surface area contributed by atoms with Crippen molar-refractivity contribution in [1.82, 2.24) is 19.5 Å². The highest BCUT2D eigenvalue weighted by atomic mass is 35.5. The summed E-state index contributed by atoms with van der Waals surface area (Å²) in [6.45, 7) is 5.08. The predicted octanol–water partition coefficient (Wildman–Crippen LogP) is 2.79. The van der Waals surface area contributed by atoms with Crippen LogP contribution in [-0.4, -0.2) is 19.5 Å². The van der Waals surface area contributed by atoms with E-state index in [1.54, 1.807) is 6.33 Å². The molecule has 0 unspecified atom stereocenters. The molecule has 0 aliphatic heterocycles. The Morgan fingerprint density at radius 2 is 2.07 bits per heavy atom. The fraction of sp³-hybridized carbons (Fsp3) is 0.444. The first-order chi connectivity index (χ1) is 7.08. The van der Waals surface area contributed by atoms with Gasteiger partial charge in [-0.2, -0.15) is 4.98 Å². The molecule has 2 aromatic rings. The van der Waals surface area contributed by atoms with Crippen LogP contribution in [0.2, 0.25) is 10.4 Å². The Kier molecular flexibility index (Phi) is 2.80. The lowest BCUT2D eigenvalue weighted by molar-refractivity contribution is 0.530. The van der Waals surface area contributed by atoms with Crippen molar-refractivity contribution in [2.24, 2.45) is 5.92 Å². The molecule has 2 rings (SSSR count). The SMILES string of the molecule is CC(C)Cn1cnc2c(Cl)nc(Cl)nc21. The standard InChI is InChI=1S/C9H10Cl2N4/c1-5(2)3-15-4-12-6-7(10)13-9(11)14-8(6)15/h4-5H,3H2,1-2H3. The highest BCUT2D eigenvalue weighted by molar-refractivity contribution is 6.35. The average molecular weight is 245 g/mol. The van der Waals surface area contributed by atoms with Crippen molar-refractivity contribution in [2.75, 3.05) is 0 Å². The molecule has 0 saturated heterocycles. The van der Waals surface area contributed by atoms with E-state index in [2.05, 4.69) is 28.8 Å². The van der Waals surface area contributed by atoms with Crippen molar-refractivity contribution in [2.45, 2.75) is 20.4 Å². The van der Waals surface area contributed by atoms with Crippen LogP contribution in [0.1, 0.15) is 13.8 Å². The Labute approximate surface area is 97.3 Å². The Morgan fingerprint density at radius 1 is 1.33 bits per heavy atom. The highest BCUT2D eigenvalue weighted by Crippen LogP contribution is 2.21. The molecule has 6 heteroatoms. The van der Waals surface area contributed by atoms with Crippen LogP contribution >= 0.6 is 23.2 Å². The summed E-state index contributed by atoms with van der Waals surface area (Å²) in [6, 6.07) is 0. The molecule has 0 aromatic carbocycles. The van der Waals surface area contributed by atoms with Gasteiger partial charge in [0.2, 0.25) is 5.28 Å². The second-order valence-corrected chi connectivity index (χ2v) is 4.44. The Hall–Kier alpha value is -0.870. The topological polar surface area (TPSA) is 43.6 Å². The van der Waals surface area contributed by atoms with Crippen molar-refractivity contribution < 1.29 is 0 Å². The number of hydrogen-bond acceptors (Lipinski definition) is 3. The van der Waals surface area contributed by atoms with Gasteiger partial charge in [0, 0.05) is 6.54 Å². The van der Waals surface area contributed by atoms with Crippen LogP contribution in [0.15, 0.2) is 6.33 Å². The van der Waals surface area contributed by atoms with E-state index in [9.17, 15) is 0 Å². The van der Waals surface area contributed by atoms with Gasteiger partial charge in [0.25, 0.3) is 0 Å². The summed E-state index contributed by atoms with van der Waals surface area (Å²) in [4.78, 5) is 12.1. The molecular weight excluding hydrogens is 235 g/mol. The molecule has 15 heavy (non-hydrogen) atoms. The van der Waals surface area contributed by atoms with Crippen LogP contribution in [0.3, 0.4) is 0 Å². The molecule has 4 nitrogen and oxygen atoms in total. The maximum Gasteiger partial charge on any atom is 0.225 e. The van der Waals surface area contributed by atoms with E-state index in [0.29, 0.717) is 22.2 Å². The average Bonchev–Trinajstić information content (AvgIpc) is 2.48. The fourth-order valence-electron chi connectivity index (χ4n) is 1.41. The number of aromatic nitrogens is 4. The van der Waals surface area contributed by atoms with Gasteiger partial charge in [-0.05, 0) is 17.5 Å². The van der Waals surface area contributed by atoms with Gasteiger partial charge < -0.3 is 4.57 Å². The Morgan fingerprint density at radius 3 is 2.73 bits per heavy atom. The van der Waals surface area contributed by atoms with E-state index in [1.807, 2.05) is 4.57 Å². The summed E-state index contributed by atoms with van der Waals surface area (Å²) in [5.41, 5.74) is 1.29. The van der Waals surface area contributed by atoms with Gasteiger partial charge in [0.05, 0.1) is 6.33 Å². The van der Waals surface area contributed by atoms with Gasteiger partial charge in [-0.25, -0.2) is 9.97 Å². The fourth-order valence-corrected chi connectivity index (χ4v) is 1.83. The van der Waals surface area contributed by atoms with Crippen LogP contribution in [-0.2, 0) is 6.54 Å². The second kappa shape index (κ2) is 3.94. The van der Waals surface area contributed by atoms with Crippen LogP contribution < -0.4 is 0 Å². The summed E-state index contributed by atoms with van der Waals surface area (Å²) in [5, 5.41) is 0.450. The Balaban J connectivity index is 2.58. The van der Waals surface area contributed by atoms with Gasteiger partial charge in [-0.15, -0.1) is 0 Å². The van der Waals surface area contributed by atoms with Crippen LogP contribution in [0.4, 0.5) is 0 Å². The number of imidazole rings is 1. The first-order valence-electron chi connectivity index (χ1n) is 4.62. The van der Waals surface area contributed by atoms with Gasteiger partial charge in [0.15, 0.2) is 10.8 Å². The van der Waals surface area contributed by atoms with E-state index in [-0.39, 0.29) is 5.28 Å². The van der Waals surface area contributed by atoms with Crippen LogP contribution in [0.5, 0.6) is 0 Å². The monoisotopic (exact) mass is 244 g/mol. The molecule has 80 valence electrons. The first kappa shape index (κ1) is 10.6. The molecule has 0 atom stereocenters.